The molecule has 3 heterocycles. The van der Waals surface area contributed by atoms with Gasteiger partial charge in [-0.05, 0) is 54.5 Å². The Bertz CT molecular complexity index is 1010. The summed E-state index contributed by atoms with van der Waals surface area (Å²) < 4.78 is 11.7. The Balaban J connectivity index is 1.57. The van der Waals surface area contributed by atoms with Crippen molar-refractivity contribution < 1.29 is 23.8 Å². The molecule has 1 aromatic carbocycles. The zero-order chi connectivity index (χ0) is 21.0. The molecule has 5 unspecified atom stereocenters. The summed E-state index contributed by atoms with van der Waals surface area (Å²) in [6.45, 7) is 4.60. The van der Waals surface area contributed by atoms with Crippen LogP contribution < -0.4 is 0 Å². The number of phenolic OH excluding ortho intramolecular Hbond substituents is 1. The maximum absolute atomic E-state index is 13.6. The van der Waals surface area contributed by atoms with Gasteiger partial charge in [-0.15, -0.1) is 0 Å². The molecule has 30 heavy (non-hydrogen) atoms. The summed E-state index contributed by atoms with van der Waals surface area (Å²) in [6, 6.07) is 9.69. The first-order valence-corrected chi connectivity index (χ1v) is 10.5. The van der Waals surface area contributed by atoms with Crippen LogP contribution in [0.15, 0.2) is 58.4 Å². The first kappa shape index (κ1) is 19.0. The van der Waals surface area contributed by atoms with E-state index in [9.17, 15) is 14.7 Å². The first-order valence-electron chi connectivity index (χ1n) is 10.5. The fourth-order valence-corrected chi connectivity index (χ4v) is 5.05. The van der Waals surface area contributed by atoms with Gasteiger partial charge in [-0.1, -0.05) is 26.0 Å². The number of amides is 1. The molecule has 1 fully saturated rings. The second-order valence-corrected chi connectivity index (χ2v) is 8.80. The van der Waals surface area contributed by atoms with Gasteiger partial charge in [0.05, 0.1) is 30.3 Å². The molecule has 2 aliphatic heterocycles. The van der Waals surface area contributed by atoms with Crippen LogP contribution in [0.25, 0.3) is 0 Å². The number of aromatic hydroxyl groups is 1. The molecule has 1 aromatic heterocycles. The molecule has 5 rings (SSSR count). The molecule has 1 amide bonds. The van der Waals surface area contributed by atoms with Crippen molar-refractivity contribution in [2.24, 2.45) is 17.8 Å². The number of furan rings is 1. The number of benzene rings is 1. The third-order valence-corrected chi connectivity index (χ3v) is 6.92. The Hall–Kier alpha value is -3.02. The van der Waals surface area contributed by atoms with E-state index in [2.05, 4.69) is 13.8 Å². The highest BCUT2D eigenvalue weighted by atomic mass is 16.5. The summed E-state index contributed by atoms with van der Waals surface area (Å²) in [7, 11) is 0. The number of nitrogens with zero attached hydrogens (tertiary/aromatic N) is 1. The third-order valence-electron chi connectivity index (χ3n) is 6.92. The average molecular weight is 407 g/mol. The number of ketones is 1. The number of fused-ring (bicyclic) bond motifs is 1. The molecular weight excluding hydrogens is 382 g/mol. The van der Waals surface area contributed by atoms with E-state index in [1.807, 2.05) is 6.07 Å². The molecule has 0 saturated heterocycles. The topological polar surface area (TPSA) is 80.0 Å². The van der Waals surface area contributed by atoms with Gasteiger partial charge in [0.2, 0.25) is 0 Å². The van der Waals surface area contributed by atoms with Crippen LogP contribution in [0.1, 0.15) is 44.1 Å². The standard InChI is InChI=1S/C24H25NO5/c1-13-10-18-19(11-14(13)2)30-23-20(22(18)27)21(15-5-7-16(26)8-6-15)25(24(23)28)12-17-4-3-9-29-17/h3-9,13-14,18-19,21,26H,10-12H2,1-2H3. The third kappa shape index (κ3) is 2.93. The minimum Gasteiger partial charge on any atom is -0.508 e. The highest BCUT2D eigenvalue weighted by Gasteiger charge is 2.53. The van der Waals surface area contributed by atoms with E-state index in [-0.39, 0.29) is 41.8 Å². The molecule has 6 heteroatoms. The lowest BCUT2D eigenvalue weighted by Crippen LogP contribution is -2.43. The van der Waals surface area contributed by atoms with Gasteiger partial charge in [-0.2, -0.15) is 0 Å². The minimum absolute atomic E-state index is 0.0216. The van der Waals surface area contributed by atoms with Crippen molar-refractivity contribution in [1.82, 2.24) is 4.90 Å². The first-order chi connectivity index (χ1) is 14.4. The van der Waals surface area contributed by atoms with Gasteiger partial charge in [-0.3, -0.25) is 9.59 Å². The summed E-state index contributed by atoms with van der Waals surface area (Å²) in [4.78, 5) is 28.7. The molecule has 0 bridgehead atoms. The molecule has 1 aliphatic carbocycles. The monoisotopic (exact) mass is 407 g/mol. The smallest absolute Gasteiger partial charge is 0.290 e. The SMILES string of the molecule is CC1CC2OC3=C(C(=O)C2CC1C)C(c1ccc(O)cc1)N(Cc1ccco1)C3=O. The van der Waals surface area contributed by atoms with Crippen LogP contribution in [-0.2, 0) is 20.9 Å². The number of ether oxygens (including phenoxy) is 1. The Morgan fingerprint density at radius 2 is 1.80 bits per heavy atom. The van der Waals surface area contributed by atoms with Crippen LogP contribution >= 0.6 is 0 Å². The Morgan fingerprint density at radius 1 is 1.07 bits per heavy atom. The Morgan fingerprint density at radius 3 is 2.50 bits per heavy atom. The van der Waals surface area contributed by atoms with Crippen molar-refractivity contribution in [1.29, 1.82) is 0 Å². The molecule has 6 nitrogen and oxygen atoms in total. The van der Waals surface area contributed by atoms with E-state index in [1.165, 1.54) is 0 Å². The second-order valence-electron chi connectivity index (χ2n) is 8.80. The lowest BCUT2D eigenvalue weighted by Gasteiger charge is -2.40. The average Bonchev–Trinajstić information content (AvgIpc) is 3.33. The van der Waals surface area contributed by atoms with Crippen molar-refractivity contribution in [3.63, 3.8) is 0 Å². The summed E-state index contributed by atoms with van der Waals surface area (Å²) in [6.07, 6.45) is 2.88. The van der Waals surface area contributed by atoms with Gasteiger partial charge in [0.15, 0.2) is 11.5 Å². The van der Waals surface area contributed by atoms with Crippen molar-refractivity contribution >= 4 is 11.7 Å². The van der Waals surface area contributed by atoms with Crippen molar-refractivity contribution in [3.8, 4) is 5.75 Å². The number of Topliss-reactive ketones (excluding diaryl/α,β-unsaturated/α-hetero) is 1. The molecule has 0 spiro atoms. The van der Waals surface area contributed by atoms with Crippen molar-refractivity contribution in [2.45, 2.75) is 45.4 Å². The van der Waals surface area contributed by atoms with E-state index >= 15 is 0 Å². The number of rotatable bonds is 3. The second kappa shape index (κ2) is 7.04. The van der Waals surface area contributed by atoms with Crippen LogP contribution in [0.3, 0.4) is 0 Å². The van der Waals surface area contributed by atoms with E-state index in [1.54, 1.807) is 41.5 Å². The fourth-order valence-electron chi connectivity index (χ4n) is 5.05. The van der Waals surface area contributed by atoms with Crippen molar-refractivity contribution in [3.05, 3.63) is 65.3 Å². The summed E-state index contributed by atoms with van der Waals surface area (Å²) >= 11 is 0. The van der Waals surface area contributed by atoms with Gasteiger partial charge in [0, 0.05) is 0 Å². The number of hydrogen-bond donors (Lipinski definition) is 1. The van der Waals surface area contributed by atoms with E-state index in [0.29, 0.717) is 23.2 Å². The van der Waals surface area contributed by atoms with E-state index in [4.69, 9.17) is 9.15 Å². The van der Waals surface area contributed by atoms with Crippen molar-refractivity contribution in [2.75, 3.05) is 0 Å². The Labute approximate surface area is 175 Å². The van der Waals surface area contributed by atoms with Crippen LogP contribution in [0.4, 0.5) is 0 Å². The predicted octanol–water partition coefficient (Wildman–Crippen LogP) is 3.97. The molecule has 0 radical (unpaired) electrons. The largest absolute Gasteiger partial charge is 0.508 e. The Kier molecular flexibility index (Phi) is 4.45. The quantitative estimate of drug-likeness (QED) is 0.833. The molecule has 156 valence electrons. The maximum Gasteiger partial charge on any atom is 0.290 e. The number of carbonyl (C=O) groups is 2. The van der Waals surface area contributed by atoms with Crippen LogP contribution in [0.5, 0.6) is 5.75 Å². The summed E-state index contributed by atoms with van der Waals surface area (Å²) in [5.41, 5.74) is 1.21. The maximum atomic E-state index is 13.6. The predicted molar refractivity (Wildman–Crippen MR) is 108 cm³/mol. The van der Waals surface area contributed by atoms with Gasteiger partial charge < -0.3 is 19.2 Å². The number of carbonyl (C=O) groups excluding carboxylic acids is 2. The molecule has 1 saturated carbocycles. The number of phenols is 1. The normalized spacial score (nSPS) is 30.9. The van der Waals surface area contributed by atoms with Gasteiger partial charge in [0.1, 0.15) is 17.6 Å². The highest BCUT2D eigenvalue weighted by Crippen LogP contribution is 2.49. The summed E-state index contributed by atoms with van der Waals surface area (Å²) in [5.74, 6) is 1.37. The zero-order valence-corrected chi connectivity index (χ0v) is 17.1. The van der Waals surface area contributed by atoms with Gasteiger partial charge in [-0.25, -0.2) is 0 Å². The van der Waals surface area contributed by atoms with E-state index < -0.39 is 6.04 Å². The zero-order valence-electron chi connectivity index (χ0n) is 17.1. The van der Waals surface area contributed by atoms with Crippen LogP contribution in [0, 0.1) is 17.8 Å². The fraction of sp³-hybridized carbons (Fsp3) is 0.417. The highest BCUT2D eigenvalue weighted by molar-refractivity contribution is 6.11. The molecule has 5 atom stereocenters. The molecule has 1 N–H and O–H groups in total. The van der Waals surface area contributed by atoms with Crippen LogP contribution in [0.2, 0.25) is 0 Å². The lowest BCUT2D eigenvalue weighted by molar-refractivity contribution is -0.137. The van der Waals surface area contributed by atoms with Crippen LogP contribution in [-0.4, -0.2) is 27.8 Å². The summed E-state index contributed by atoms with van der Waals surface area (Å²) in [5, 5.41) is 9.72. The van der Waals surface area contributed by atoms with E-state index in [0.717, 1.165) is 18.4 Å². The molecular formula is C24H25NO5. The van der Waals surface area contributed by atoms with Gasteiger partial charge >= 0.3 is 0 Å². The minimum atomic E-state index is -0.554. The van der Waals surface area contributed by atoms with Gasteiger partial charge in [0.25, 0.3) is 5.91 Å². The molecule has 2 aromatic rings. The lowest BCUT2D eigenvalue weighted by atomic mass is 9.70. The number of hydrogen-bond acceptors (Lipinski definition) is 5. The molecule has 3 aliphatic rings.